The molecule has 4 heteroatoms. The Kier molecular flexibility index (Phi) is 3.19. The Morgan fingerprint density at radius 2 is 2.15 bits per heavy atom. The summed E-state index contributed by atoms with van der Waals surface area (Å²) in [5, 5.41) is 0. The molecule has 0 aliphatic rings. The van der Waals surface area contributed by atoms with E-state index in [1.165, 1.54) is 0 Å². The monoisotopic (exact) mass is 187 g/mol. The van der Waals surface area contributed by atoms with Crippen LogP contribution in [-0.2, 0) is 6.54 Å². The Morgan fingerprint density at radius 3 is 2.69 bits per heavy atom. The van der Waals surface area contributed by atoms with Gasteiger partial charge in [0.1, 0.15) is 5.75 Å². The summed E-state index contributed by atoms with van der Waals surface area (Å²) in [5.74, 6) is 0.194. The highest BCUT2D eigenvalue weighted by Crippen LogP contribution is 2.24. The summed E-state index contributed by atoms with van der Waals surface area (Å²) < 4.78 is 28.3. The van der Waals surface area contributed by atoms with E-state index in [0.717, 1.165) is 0 Å². The fourth-order valence-corrected chi connectivity index (χ4v) is 1.13. The highest BCUT2D eigenvalue weighted by molar-refractivity contribution is 5.40. The van der Waals surface area contributed by atoms with Crippen molar-refractivity contribution in [1.82, 2.24) is 0 Å². The molecule has 0 atom stereocenters. The number of aryl methyl sites for hydroxylation is 1. The SMILES string of the molecule is Cc1cccc(CN)c1OC(F)F. The van der Waals surface area contributed by atoms with Gasteiger partial charge < -0.3 is 10.5 Å². The zero-order valence-electron chi connectivity index (χ0n) is 7.26. The molecule has 0 radical (unpaired) electrons. The minimum atomic E-state index is -2.80. The van der Waals surface area contributed by atoms with E-state index in [-0.39, 0.29) is 12.3 Å². The predicted molar refractivity (Wildman–Crippen MR) is 45.7 cm³/mol. The highest BCUT2D eigenvalue weighted by atomic mass is 19.3. The van der Waals surface area contributed by atoms with E-state index >= 15 is 0 Å². The molecule has 0 heterocycles. The van der Waals surface area contributed by atoms with Gasteiger partial charge in [-0.05, 0) is 12.5 Å². The third-order valence-electron chi connectivity index (χ3n) is 1.72. The maximum atomic E-state index is 12.0. The molecule has 1 rings (SSSR count). The van der Waals surface area contributed by atoms with Crippen LogP contribution in [0.3, 0.4) is 0 Å². The van der Waals surface area contributed by atoms with Crippen molar-refractivity contribution in [2.75, 3.05) is 0 Å². The molecule has 13 heavy (non-hydrogen) atoms. The Hall–Kier alpha value is -1.16. The molecule has 1 aromatic rings. The summed E-state index contributed by atoms with van der Waals surface area (Å²) in [4.78, 5) is 0. The van der Waals surface area contributed by atoms with E-state index in [9.17, 15) is 8.78 Å². The van der Waals surface area contributed by atoms with Crippen LogP contribution in [0, 0.1) is 6.92 Å². The van der Waals surface area contributed by atoms with Crippen LogP contribution < -0.4 is 10.5 Å². The van der Waals surface area contributed by atoms with Crippen molar-refractivity contribution in [2.24, 2.45) is 5.73 Å². The maximum absolute atomic E-state index is 12.0. The lowest BCUT2D eigenvalue weighted by Crippen LogP contribution is -2.08. The van der Waals surface area contributed by atoms with Gasteiger partial charge in [0.15, 0.2) is 0 Å². The van der Waals surface area contributed by atoms with Crippen LogP contribution >= 0.6 is 0 Å². The van der Waals surface area contributed by atoms with Crippen LogP contribution in [0.4, 0.5) is 8.78 Å². The van der Waals surface area contributed by atoms with Gasteiger partial charge in [0.05, 0.1) is 0 Å². The summed E-state index contributed by atoms with van der Waals surface area (Å²) in [6, 6.07) is 5.14. The molecule has 72 valence electrons. The molecule has 0 spiro atoms. The lowest BCUT2D eigenvalue weighted by Gasteiger charge is -2.11. The molecule has 0 saturated carbocycles. The molecular formula is C9H11F2NO. The van der Waals surface area contributed by atoms with Crippen molar-refractivity contribution < 1.29 is 13.5 Å². The minimum Gasteiger partial charge on any atom is -0.434 e. The fourth-order valence-electron chi connectivity index (χ4n) is 1.13. The highest BCUT2D eigenvalue weighted by Gasteiger charge is 2.10. The first-order valence-electron chi connectivity index (χ1n) is 3.88. The summed E-state index contributed by atoms with van der Waals surface area (Å²) in [7, 11) is 0. The normalized spacial score (nSPS) is 10.5. The van der Waals surface area contributed by atoms with Gasteiger partial charge in [-0.1, -0.05) is 18.2 Å². The molecule has 2 nitrogen and oxygen atoms in total. The molecule has 0 aliphatic heterocycles. The van der Waals surface area contributed by atoms with E-state index in [2.05, 4.69) is 4.74 Å². The van der Waals surface area contributed by atoms with Crippen LogP contribution in [-0.4, -0.2) is 6.61 Å². The first kappa shape index (κ1) is 9.92. The average molecular weight is 187 g/mol. The van der Waals surface area contributed by atoms with Gasteiger partial charge in [-0.25, -0.2) is 0 Å². The molecule has 0 aromatic heterocycles. The number of halogens is 2. The van der Waals surface area contributed by atoms with Crippen molar-refractivity contribution in [3.05, 3.63) is 29.3 Å². The van der Waals surface area contributed by atoms with Crippen LogP contribution in [0.2, 0.25) is 0 Å². The Morgan fingerprint density at radius 1 is 1.46 bits per heavy atom. The first-order chi connectivity index (χ1) is 6.15. The molecule has 0 amide bonds. The summed E-state index contributed by atoms with van der Waals surface area (Å²) >= 11 is 0. The lowest BCUT2D eigenvalue weighted by atomic mass is 10.1. The number of alkyl halides is 2. The largest absolute Gasteiger partial charge is 0.434 e. The van der Waals surface area contributed by atoms with Crippen LogP contribution in [0.1, 0.15) is 11.1 Å². The molecule has 1 aromatic carbocycles. The first-order valence-corrected chi connectivity index (χ1v) is 3.88. The van der Waals surface area contributed by atoms with Crippen LogP contribution in [0.5, 0.6) is 5.75 Å². The molecule has 0 saturated heterocycles. The summed E-state index contributed by atoms with van der Waals surface area (Å²) in [6.07, 6.45) is 0. The topological polar surface area (TPSA) is 35.2 Å². The van der Waals surface area contributed by atoms with Crippen LogP contribution in [0.15, 0.2) is 18.2 Å². The molecular weight excluding hydrogens is 176 g/mol. The second kappa shape index (κ2) is 4.18. The minimum absolute atomic E-state index is 0.194. The van der Waals surface area contributed by atoms with Gasteiger partial charge in [-0.15, -0.1) is 0 Å². The van der Waals surface area contributed by atoms with Crippen LogP contribution in [0.25, 0.3) is 0 Å². The van der Waals surface area contributed by atoms with E-state index in [0.29, 0.717) is 11.1 Å². The number of para-hydroxylation sites is 1. The van der Waals surface area contributed by atoms with Crippen molar-refractivity contribution >= 4 is 0 Å². The Bertz CT molecular complexity index is 289. The molecule has 2 N–H and O–H groups in total. The van der Waals surface area contributed by atoms with Gasteiger partial charge in [-0.2, -0.15) is 8.78 Å². The number of benzene rings is 1. The third kappa shape index (κ3) is 2.39. The standard InChI is InChI=1S/C9H11F2NO/c1-6-3-2-4-7(5-12)8(6)13-9(10)11/h2-4,9H,5,12H2,1H3. The van der Waals surface area contributed by atoms with Crippen molar-refractivity contribution in [2.45, 2.75) is 20.1 Å². The number of hydrogen-bond acceptors (Lipinski definition) is 2. The molecule has 0 unspecified atom stereocenters. The predicted octanol–water partition coefficient (Wildman–Crippen LogP) is 2.06. The number of hydrogen-bond donors (Lipinski definition) is 1. The van der Waals surface area contributed by atoms with Crippen molar-refractivity contribution in [3.63, 3.8) is 0 Å². The number of ether oxygens (including phenoxy) is 1. The molecule has 0 bridgehead atoms. The molecule has 0 fully saturated rings. The van der Waals surface area contributed by atoms with E-state index in [1.807, 2.05) is 0 Å². The second-order valence-corrected chi connectivity index (χ2v) is 2.65. The van der Waals surface area contributed by atoms with Gasteiger partial charge in [0.25, 0.3) is 0 Å². The smallest absolute Gasteiger partial charge is 0.387 e. The Balaban J connectivity index is 3.00. The number of rotatable bonds is 3. The van der Waals surface area contributed by atoms with E-state index in [4.69, 9.17) is 5.73 Å². The zero-order valence-corrected chi connectivity index (χ0v) is 7.26. The van der Waals surface area contributed by atoms with Gasteiger partial charge >= 0.3 is 6.61 Å². The third-order valence-corrected chi connectivity index (χ3v) is 1.72. The summed E-state index contributed by atoms with van der Waals surface area (Å²) in [5.41, 5.74) is 6.64. The van der Waals surface area contributed by atoms with Gasteiger partial charge in [0, 0.05) is 12.1 Å². The zero-order chi connectivity index (χ0) is 9.84. The van der Waals surface area contributed by atoms with E-state index < -0.39 is 6.61 Å². The Labute approximate surface area is 75.3 Å². The second-order valence-electron chi connectivity index (χ2n) is 2.65. The molecule has 0 aliphatic carbocycles. The van der Waals surface area contributed by atoms with Crippen molar-refractivity contribution in [1.29, 1.82) is 0 Å². The number of nitrogens with two attached hydrogens (primary N) is 1. The van der Waals surface area contributed by atoms with Gasteiger partial charge in [0.2, 0.25) is 0 Å². The van der Waals surface area contributed by atoms with E-state index in [1.54, 1.807) is 25.1 Å². The summed E-state index contributed by atoms with van der Waals surface area (Å²) in [6.45, 7) is -0.896. The lowest BCUT2D eigenvalue weighted by molar-refractivity contribution is -0.0508. The average Bonchev–Trinajstić information content (AvgIpc) is 2.08. The van der Waals surface area contributed by atoms with Gasteiger partial charge in [-0.3, -0.25) is 0 Å². The maximum Gasteiger partial charge on any atom is 0.387 e. The fraction of sp³-hybridized carbons (Fsp3) is 0.333. The quantitative estimate of drug-likeness (QED) is 0.786. The van der Waals surface area contributed by atoms with Crippen molar-refractivity contribution in [3.8, 4) is 5.75 Å².